The molecule has 164 valence electrons. The molecule has 0 aliphatic heterocycles. The number of nitrogens with zero attached hydrogens (tertiary/aromatic N) is 1. The summed E-state index contributed by atoms with van der Waals surface area (Å²) in [5.41, 5.74) is 2.91. The van der Waals surface area contributed by atoms with Crippen LogP contribution in [0.2, 0.25) is 0 Å². The highest BCUT2D eigenvalue weighted by atomic mass is 16.5. The maximum absolute atomic E-state index is 9.52. The fourth-order valence-electron chi connectivity index (χ4n) is 3.24. The minimum atomic E-state index is -0.102. The van der Waals surface area contributed by atoms with Gasteiger partial charge in [-0.1, -0.05) is 83.6 Å². The Bertz CT molecular complexity index is 701. The predicted octanol–water partition coefficient (Wildman–Crippen LogP) is 7.52. The van der Waals surface area contributed by atoms with Gasteiger partial charge in [0.2, 0.25) is 0 Å². The standard InChI is InChI=1S/C25H33NO2.C2H6/c1-2-24(27)10-8-6-4-3-5-7-9-19-28-25-17-15-23(16-18-25)22-13-11-21(20-26)12-14-22;1-2/h11-18,24,27H,2-10,19H2,1H3;1-2H3. The van der Waals surface area contributed by atoms with Gasteiger partial charge in [-0.25, -0.2) is 0 Å². The van der Waals surface area contributed by atoms with Crippen LogP contribution in [0.25, 0.3) is 11.1 Å². The maximum Gasteiger partial charge on any atom is 0.119 e. The van der Waals surface area contributed by atoms with E-state index in [-0.39, 0.29) is 6.10 Å². The van der Waals surface area contributed by atoms with Crippen LogP contribution in [-0.4, -0.2) is 17.8 Å². The van der Waals surface area contributed by atoms with E-state index in [2.05, 4.69) is 18.2 Å². The van der Waals surface area contributed by atoms with Gasteiger partial charge in [-0.2, -0.15) is 5.26 Å². The van der Waals surface area contributed by atoms with Gasteiger partial charge < -0.3 is 9.84 Å². The fraction of sp³-hybridized carbons (Fsp3) is 0.519. The molecule has 0 aliphatic rings. The summed E-state index contributed by atoms with van der Waals surface area (Å²) in [6.45, 7) is 6.80. The number of ether oxygens (including phenoxy) is 1. The van der Waals surface area contributed by atoms with Crippen LogP contribution in [0.1, 0.15) is 84.1 Å². The summed E-state index contributed by atoms with van der Waals surface area (Å²) in [5, 5.41) is 18.4. The zero-order chi connectivity index (χ0) is 22.0. The Labute approximate surface area is 183 Å². The van der Waals surface area contributed by atoms with Gasteiger partial charge in [-0.3, -0.25) is 0 Å². The van der Waals surface area contributed by atoms with Crippen molar-refractivity contribution in [3.05, 3.63) is 54.1 Å². The molecule has 0 saturated heterocycles. The maximum atomic E-state index is 9.52. The number of hydrogen-bond acceptors (Lipinski definition) is 3. The summed E-state index contributed by atoms with van der Waals surface area (Å²) in [7, 11) is 0. The second-order valence-electron chi connectivity index (χ2n) is 7.39. The van der Waals surface area contributed by atoms with Crippen molar-refractivity contribution in [2.45, 2.75) is 84.7 Å². The molecule has 3 nitrogen and oxygen atoms in total. The van der Waals surface area contributed by atoms with Crippen molar-refractivity contribution in [3.8, 4) is 22.9 Å². The van der Waals surface area contributed by atoms with E-state index in [9.17, 15) is 5.11 Å². The Morgan fingerprint density at radius 1 is 0.800 bits per heavy atom. The summed E-state index contributed by atoms with van der Waals surface area (Å²) in [4.78, 5) is 0. The van der Waals surface area contributed by atoms with Gasteiger partial charge in [0.15, 0.2) is 0 Å². The van der Waals surface area contributed by atoms with Gasteiger partial charge in [0.25, 0.3) is 0 Å². The summed E-state index contributed by atoms with van der Waals surface area (Å²) < 4.78 is 5.85. The van der Waals surface area contributed by atoms with Crippen LogP contribution in [-0.2, 0) is 0 Å². The highest BCUT2D eigenvalue weighted by molar-refractivity contribution is 5.64. The van der Waals surface area contributed by atoms with E-state index >= 15 is 0 Å². The van der Waals surface area contributed by atoms with E-state index < -0.39 is 0 Å². The van der Waals surface area contributed by atoms with Crippen molar-refractivity contribution < 1.29 is 9.84 Å². The molecule has 1 unspecified atom stereocenters. The van der Waals surface area contributed by atoms with Crippen LogP contribution in [0.3, 0.4) is 0 Å². The topological polar surface area (TPSA) is 53.2 Å². The summed E-state index contributed by atoms with van der Waals surface area (Å²) in [5.74, 6) is 0.909. The number of benzene rings is 2. The monoisotopic (exact) mass is 409 g/mol. The van der Waals surface area contributed by atoms with Crippen LogP contribution < -0.4 is 4.74 Å². The minimum absolute atomic E-state index is 0.102. The number of hydrogen-bond donors (Lipinski definition) is 1. The molecule has 1 atom stereocenters. The van der Waals surface area contributed by atoms with Crippen molar-refractivity contribution >= 4 is 0 Å². The molecule has 0 saturated carbocycles. The Hall–Kier alpha value is -2.31. The van der Waals surface area contributed by atoms with Crippen molar-refractivity contribution in [2.24, 2.45) is 0 Å². The number of rotatable bonds is 13. The molecule has 0 heterocycles. The number of aliphatic hydroxyl groups excluding tert-OH is 1. The minimum Gasteiger partial charge on any atom is -0.494 e. The van der Waals surface area contributed by atoms with Gasteiger partial charge in [0.1, 0.15) is 5.75 Å². The predicted molar refractivity (Wildman–Crippen MR) is 127 cm³/mol. The molecule has 0 amide bonds. The van der Waals surface area contributed by atoms with Crippen LogP contribution in [0, 0.1) is 11.3 Å². The second kappa shape index (κ2) is 16.5. The number of aliphatic hydroxyl groups is 1. The molecule has 0 radical (unpaired) electrons. The highest BCUT2D eigenvalue weighted by Crippen LogP contribution is 2.23. The highest BCUT2D eigenvalue weighted by Gasteiger charge is 2.01. The van der Waals surface area contributed by atoms with Gasteiger partial charge >= 0.3 is 0 Å². The molecule has 0 fully saturated rings. The molecule has 2 rings (SSSR count). The Kier molecular flexibility index (Phi) is 14.1. The molecule has 0 aliphatic carbocycles. The molecule has 0 spiro atoms. The smallest absolute Gasteiger partial charge is 0.119 e. The van der Waals surface area contributed by atoms with Crippen LogP contribution >= 0.6 is 0 Å². The first-order valence-corrected chi connectivity index (χ1v) is 11.6. The third kappa shape index (κ3) is 10.5. The van der Waals surface area contributed by atoms with Gasteiger partial charge in [0, 0.05) is 0 Å². The van der Waals surface area contributed by atoms with Crippen LogP contribution in [0.5, 0.6) is 5.75 Å². The average molecular weight is 410 g/mol. The van der Waals surface area contributed by atoms with Gasteiger partial charge in [-0.15, -0.1) is 0 Å². The van der Waals surface area contributed by atoms with Gasteiger partial charge in [0.05, 0.1) is 24.3 Å². The van der Waals surface area contributed by atoms with E-state index in [0.29, 0.717) is 5.56 Å². The van der Waals surface area contributed by atoms with Crippen molar-refractivity contribution in [2.75, 3.05) is 6.61 Å². The van der Waals surface area contributed by atoms with E-state index in [4.69, 9.17) is 10.00 Å². The van der Waals surface area contributed by atoms with E-state index in [1.807, 2.05) is 57.2 Å². The quantitative estimate of drug-likeness (QED) is 0.348. The first kappa shape index (κ1) is 25.7. The molecular formula is C27H39NO2. The Morgan fingerprint density at radius 2 is 1.30 bits per heavy atom. The van der Waals surface area contributed by atoms with E-state index in [1.165, 1.54) is 32.1 Å². The van der Waals surface area contributed by atoms with Crippen LogP contribution in [0.4, 0.5) is 0 Å². The molecular weight excluding hydrogens is 370 g/mol. The van der Waals surface area contributed by atoms with E-state index in [0.717, 1.165) is 49.2 Å². The third-order valence-corrected chi connectivity index (χ3v) is 5.12. The normalized spacial score (nSPS) is 11.2. The lowest BCUT2D eigenvalue weighted by Crippen LogP contribution is -2.03. The van der Waals surface area contributed by atoms with Crippen LogP contribution in [0.15, 0.2) is 48.5 Å². The fourth-order valence-corrected chi connectivity index (χ4v) is 3.24. The lowest BCUT2D eigenvalue weighted by molar-refractivity contribution is 0.156. The summed E-state index contributed by atoms with van der Waals surface area (Å²) in [6, 6.07) is 17.9. The Morgan fingerprint density at radius 3 is 1.83 bits per heavy atom. The van der Waals surface area contributed by atoms with Crippen molar-refractivity contribution in [3.63, 3.8) is 0 Å². The molecule has 1 N–H and O–H groups in total. The lowest BCUT2D eigenvalue weighted by Gasteiger charge is -2.08. The second-order valence-corrected chi connectivity index (χ2v) is 7.39. The number of nitriles is 1. The number of unbranched alkanes of at least 4 members (excludes halogenated alkanes) is 6. The molecule has 2 aromatic rings. The first-order chi connectivity index (χ1) is 14.7. The molecule has 0 aromatic heterocycles. The average Bonchev–Trinajstić information content (AvgIpc) is 2.82. The molecule has 30 heavy (non-hydrogen) atoms. The SMILES string of the molecule is CC.CCC(O)CCCCCCCCCOc1ccc(-c2ccc(C#N)cc2)cc1. The zero-order valence-electron chi connectivity index (χ0n) is 19.1. The largest absolute Gasteiger partial charge is 0.494 e. The molecule has 3 heteroatoms. The summed E-state index contributed by atoms with van der Waals surface area (Å²) in [6.07, 6.45) is 10.2. The van der Waals surface area contributed by atoms with E-state index in [1.54, 1.807) is 0 Å². The Balaban J connectivity index is 0.00000218. The zero-order valence-corrected chi connectivity index (χ0v) is 19.1. The van der Waals surface area contributed by atoms with Gasteiger partial charge in [-0.05, 0) is 54.7 Å². The summed E-state index contributed by atoms with van der Waals surface area (Å²) >= 11 is 0. The first-order valence-electron chi connectivity index (χ1n) is 11.6. The lowest BCUT2D eigenvalue weighted by atomic mass is 10.0. The van der Waals surface area contributed by atoms with Crippen molar-refractivity contribution in [1.29, 1.82) is 5.26 Å². The molecule has 0 bridgehead atoms. The molecule has 2 aromatic carbocycles. The van der Waals surface area contributed by atoms with Crippen molar-refractivity contribution in [1.82, 2.24) is 0 Å². The third-order valence-electron chi connectivity index (χ3n) is 5.12.